The summed E-state index contributed by atoms with van der Waals surface area (Å²) < 4.78 is 33.5. The molecule has 3 rings (SSSR count). The summed E-state index contributed by atoms with van der Waals surface area (Å²) in [6.45, 7) is 5.58. The lowest BCUT2D eigenvalue weighted by Crippen LogP contribution is -2.44. The van der Waals surface area contributed by atoms with E-state index >= 15 is 0 Å². The maximum atomic E-state index is 12.7. The number of aryl methyl sites for hydroxylation is 1. The molecule has 2 aliphatic heterocycles. The predicted octanol–water partition coefficient (Wildman–Crippen LogP) is 4.47. The van der Waals surface area contributed by atoms with Gasteiger partial charge in [0.2, 0.25) is 10.0 Å². The van der Waals surface area contributed by atoms with Gasteiger partial charge >= 0.3 is 0 Å². The van der Waals surface area contributed by atoms with E-state index in [0.29, 0.717) is 31.8 Å². The van der Waals surface area contributed by atoms with Crippen LogP contribution < -0.4 is 5.73 Å². The van der Waals surface area contributed by atoms with Crippen LogP contribution in [0.3, 0.4) is 0 Å². The van der Waals surface area contributed by atoms with Crippen molar-refractivity contribution < 1.29 is 18.3 Å². The normalized spacial score (nSPS) is 22.3. The van der Waals surface area contributed by atoms with E-state index in [1.54, 1.807) is 4.31 Å². The lowest BCUT2D eigenvalue weighted by Gasteiger charge is -2.40. The van der Waals surface area contributed by atoms with E-state index in [0.717, 1.165) is 48.8 Å². The van der Waals surface area contributed by atoms with E-state index in [9.17, 15) is 13.5 Å². The molecule has 3 N–H and O–H groups in total. The Balaban J connectivity index is 0.00000363. The van der Waals surface area contributed by atoms with Crippen molar-refractivity contribution in [2.24, 2.45) is 11.7 Å². The molecule has 1 fully saturated rings. The van der Waals surface area contributed by atoms with E-state index in [1.807, 2.05) is 19.1 Å². The highest BCUT2D eigenvalue weighted by Crippen LogP contribution is 2.40. The molecule has 6 nitrogen and oxygen atoms in total. The summed E-state index contributed by atoms with van der Waals surface area (Å²) in [7, 11) is -3.17. The van der Waals surface area contributed by atoms with Crippen molar-refractivity contribution in [3.8, 4) is 5.75 Å². The number of ether oxygens (including phenoxy) is 1. The van der Waals surface area contributed by atoms with Gasteiger partial charge in [-0.3, -0.25) is 0 Å². The summed E-state index contributed by atoms with van der Waals surface area (Å²) in [6.07, 6.45) is 8.51. The molecular formula is C24H41ClN2O4S. The van der Waals surface area contributed by atoms with Gasteiger partial charge in [0.15, 0.2) is 0 Å². The number of nitrogens with two attached hydrogens (primary N) is 1. The Bertz CT molecular complexity index is 826. The fourth-order valence-corrected chi connectivity index (χ4v) is 6.59. The molecule has 1 aromatic carbocycles. The molecule has 2 aliphatic rings. The molecule has 0 radical (unpaired) electrons. The van der Waals surface area contributed by atoms with Crippen molar-refractivity contribution in [1.29, 1.82) is 0 Å². The van der Waals surface area contributed by atoms with E-state index in [4.69, 9.17) is 10.5 Å². The van der Waals surface area contributed by atoms with Gasteiger partial charge in [-0.1, -0.05) is 51.2 Å². The molecule has 8 heteroatoms. The largest absolute Gasteiger partial charge is 0.507 e. The minimum atomic E-state index is -3.17. The highest BCUT2D eigenvalue weighted by Gasteiger charge is 2.37. The summed E-state index contributed by atoms with van der Waals surface area (Å²) in [4.78, 5) is 0. The molecule has 0 bridgehead atoms. The van der Waals surface area contributed by atoms with Crippen LogP contribution in [0, 0.1) is 12.8 Å². The summed E-state index contributed by atoms with van der Waals surface area (Å²) in [5, 5.41) is 10.6. The standard InChI is InChI=1S/C24H40N2O4S.ClH/c1-3-4-5-6-7-8-15-31(28,29)26-13-11-19(12-14-26)22-16-21-20(23(17-25)30-22)10-9-18(2)24(21)27;/h9-10,19,22-23,27H,3-8,11-17,25H2,1-2H3;1H/t22-,23-;/m0./s1. The molecule has 0 amide bonds. The van der Waals surface area contributed by atoms with Crippen LogP contribution in [0.2, 0.25) is 0 Å². The Hall–Kier alpha value is -0.860. The van der Waals surface area contributed by atoms with Gasteiger partial charge in [0.25, 0.3) is 0 Å². The highest BCUT2D eigenvalue weighted by atomic mass is 35.5. The van der Waals surface area contributed by atoms with Crippen LogP contribution in [0.1, 0.15) is 81.1 Å². The number of benzene rings is 1. The van der Waals surface area contributed by atoms with E-state index in [1.165, 1.54) is 19.3 Å². The zero-order valence-electron chi connectivity index (χ0n) is 19.6. The minimum Gasteiger partial charge on any atom is -0.507 e. The number of fused-ring (bicyclic) bond motifs is 1. The summed E-state index contributed by atoms with van der Waals surface area (Å²) >= 11 is 0. The molecule has 1 aromatic rings. The summed E-state index contributed by atoms with van der Waals surface area (Å²) in [5.41, 5.74) is 8.77. The quantitative estimate of drug-likeness (QED) is 0.474. The van der Waals surface area contributed by atoms with Gasteiger partial charge in [-0.15, -0.1) is 12.4 Å². The number of nitrogens with zero attached hydrogens (tertiary/aromatic N) is 1. The second-order valence-electron chi connectivity index (χ2n) is 9.22. The number of phenolic OH excluding ortho intramolecular Hbond substituents is 1. The fourth-order valence-electron chi connectivity index (χ4n) is 5.00. The Kier molecular flexibility index (Phi) is 10.7. The van der Waals surface area contributed by atoms with Crippen LogP contribution >= 0.6 is 12.4 Å². The molecule has 2 atom stereocenters. The zero-order chi connectivity index (χ0) is 22.4. The molecule has 32 heavy (non-hydrogen) atoms. The Morgan fingerprint density at radius 2 is 1.78 bits per heavy atom. The molecule has 0 saturated carbocycles. The number of aromatic hydroxyl groups is 1. The Morgan fingerprint density at radius 1 is 1.12 bits per heavy atom. The van der Waals surface area contributed by atoms with Crippen molar-refractivity contribution in [2.75, 3.05) is 25.4 Å². The molecular weight excluding hydrogens is 448 g/mol. The van der Waals surface area contributed by atoms with Crippen LogP contribution in [0.25, 0.3) is 0 Å². The van der Waals surface area contributed by atoms with Crippen molar-refractivity contribution in [2.45, 2.75) is 83.8 Å². The average molecular weight is 489 g/mol. The first-order valence-electron chi connectivity index (χ1n) is 12.0. The third-order valence-corrected chi connectivity index (χ3v) is 8.96. The number of sulfonamides is 1. The van der Waals surface area contributed by atoms with Crippen molar-refractivity contribution in [3.05, 3.63) is 28.8 Å². The van der Waals surface area contributed by atoms with E-state index in [2.05, 4.69) is 6.92 Å². The number of piperidine rings is 1. The molecule has 1 saturated heterocycles. The fraction of sp³-hybridized carbons (Fsp3) is 0.750. The zero-order valence-corrected chi connectivity index (χ0v) is 21.2. The van der Waals surface area contributed by atoms with Crippen LogP contribution in [-0.4, -0.2) is 49.3 Å². The molecule has 184 valence electrons. The minimum absolute atomic E-state index is 0. The third kappa shape index (κ3) is 6.60. The van der Waals surface area contributed by atoms with Gasteiger partial charge in [-0.25, -0.2) is 12.7 Å². The molecule has 2 heterocycles. The van der Waals surface area contributed by atoms with Crippen LogP contribution in [0.4, 0.5) is 0 Å². The summed E-state index contributed by atoms with van der Waals surface area (Å²) in [5.74, 6) is 0.894. The van der Waals surface area contributed by atoms with Gasteiger partial charge in [0, 0.05) is 31.6 Å². The lowest BCUT2D eigenvalue weighted by atomic mass is 9.83. The van der Waals surface area contributed by atoms with Crippen molar-refractivity contribution in [3.63, 3.8) is 0 Å². The first kappa shape index (κ1) is 27.4. The van der Waals surface area contributed by atoms with E-state index < -0.39 is 10.0 Å². The molecule has 0 aliphatic carbocycles. The van der Waals surface area contributed by atoms with Crippen LogP contribution in [0.15, 0.2) is 12.1 Å². The lowest BCUT2D eigenvalue weighted by molar-refractivity contribution is -0.0612. The predicted molar refractivity (Wildman–Crippen MR) is 132 cm³/mol. The monoisotopic (exact) mass is 488 g/mol. The number of hydrogen-bond donors (Lipinski definition) is 2. The smallest absolute Gasteiger partial charge is 0.214 e. The van der Waals surface area contributed by atoms with Gasteiger partial charge in [-0.2, -0.15) is 0 Å². The average Bonchev–Trinajstić information content (AvgIpc) is 2.78. The number of rotatable bonds is 10. The maximum absolute atomic E-state index is 12.7. The number of phenols is 1. The SMILES string of the molecule is CCCCCCCCS(=O)(=O)N1CCC([C@@H]2Cc3c(ccc(C)c3O)[C@H](CN)O2)CC1.Cl. The van der Waals surface area contributed by atoms with Crippen LogP contribution in [0.5, 0.6) is 5.75 Å². The molecule has 0 aromatic heterocycles. The highest BCUT2D eigenvalue weighted by molar-refractivity contribution is 7.89. The van der Waals surface area contributed by atoms with E-state index in [-0.39, 0.29) is 36.3 Å². The molecule has 0 spiro atoms. The van der Waals surface area contributed by atoms with Crippen molar-refractivity contribution in [1.82, 2.24) is 4.31 Å². The topological polar surface area (TPSA) is 92.9 Å². The maximum Gasteiger partial charge on any atom is 0.214 e. The molecule has 0 unspecified atom stereocenters. The van der Waals surface area contributed by atoms with Gasteiger partial charge in [0.05, 0.1) is 18.0 Å². The number of halogens is 1. The second kappa shape index (κ2) is 12.6. The van der Waals surface area contributed by atoms with Gasteiger partial charge in [0.1, 0.15) is 5.75 Å². The van der Waals surface area contributed by atoms with Gasteiger partial charge < -0.3 is 15.6 Å². The van der Waals surface area contributed by atoms with Gasteiger partial charge in [-0.05, 0) is 43.2 Å². The number of unbranched alkanes of at least 4 members (excludes halogenated alkanes) is 5. The third-order valence-electron chi connectivity index (χ3n) is 7.00. The summed E-state index contributed by atoms with van der Waals surface area (Å²) in [6, 6.07) is 3.92. The second-order valence-corrected chi connectivity index (χ2v) is 11.3. The van der Waals surface area contributed by atoms with Crippen LogP contribution in [-0.2, 0) is 21.2 Å². The first-order valence-corrected chi connectivity index (χ1v) is 13.6. The Morgan fingerprint density at radius 3 is 2.44 bits per heavy atom. The number of hydrogen-bond acceptors (Lipinski definition) is 5. The Labute approximate surface area is 200 Å². The van der Waals surface area contributed by atoms with Crippen molar-refractivity contribution >= 4 is 22.4 Å². The first-order chi connectivity index (χ1) is 14.9.